The van der Waals surface area contributed by atoms with Crippen LogP contribution in [-0.4, -0.2) is 48.9 Å². The van der Waals surface area contributed by atoms with E-state index in [2.05, 4.69) is 5.32 Å². The second-order valence-corrected chi connectivity index (χ2v) is 10.2. The van der Waals surface area contributed by atoms with Crippen LogP contribution in [0.25, 0.3) is 0 Å². The number of piperidine rings is 1. The normalized spacial score (nSPS) is 25.8. The minimum Gasteiger partial charge on any atom is -0.370 e. The van der Waals surface area contributed by atoms with Gasteiger partial charge in [0.1, 0.15) is 0 Å². The van der Waals surface area contributed by atoms with E-state index in [1.165, 1.54) is 6.07 Å². The Hall–Kier alpha value is -2.76. The zero-order chi connectivity index (χ0) is 24.0. The number of benzene rings is 1. The first kappa shape index (κ1) is 23.0. The summed E-state index contributed by atoms with van der Waals surface area (Å²) in [5.74, 6) is 0.365. The fourth-order valence-electron chi connectivity index (χ4n) is 5.53. The molecule has 2 saturated carbocycles. The lowest BCUT2D eigenvalue weighted by molar-refractivity contribution is -0.137. The molecule has 0 aromatic heterocycles. The smallest absolute Gasteiger partial charge is 0.370 e. The zero-order valence-corrected chi connectivity index (χ0v) is 19.0. The van der Waals surface area contributed by atoms with Crippen LogP contribution in [0.2, 0.25) is 0 Å². The molecule has 2 atom stereocenters. The monoisotopic (exact) mass is 474 g/mol. The highest BCUT2D eigenvalue weighted by atomic mass is 19.4. The molecule has 2 saturated heterocycles. The molecule has 1 aromatic rings. The van der Waals surface area contributed by atoms with Crippen LogP contribution in [0.4, 0.5) is 18.9 Å². The van der Waals surface area contributed by atoms with Crippen LogP contribution in [0, 0.1) is 35.0 Å². The third-order valence-corrected chi connectivity index (χ3v) is 7.80. The average molecular weight is 475 g/mol. The number of anilines is 1. The Morgan fingerprint density at radius 1 is 1.03 bits per heavy atom. The van der Waals surface area contributed by atoms with Crippen molar-refractivity contribution < 1.29 is 22.8 Å². The van der Waals surface area contributed by atoms with Crippen LogP contribution in [0.5, 0.6) is 0 Å². The second-order valence-electron chi connectivity index (χ2n) is 10.2. The average Bonchev–Trinajstić information content (AvgIpc) is 3.76. The van der Waals surface area contributed by atoms with Gasteiger partial charge in [-0.25, -0.2) is 0 Å². The Bertz CT molecular complexity index is 1000. The van der Waals surface area contributed by atoms with Gasteiger partial charge in [-0.3, -0.25) is 9.59 Å². The fraction of sp³-hybridized carbons (Fsp3) is 0.640. The summed E-state index contributed by atoms with van der Waals surface area (Å²) in [7, 11) is 0. The van der Waals surface area contributed by atoms with Gasteiger partial charge in [0.25, 0.3) is 0 Å². The lowest BCUT2D eigenvalue weighted by Gasteiger charge is -2.36. The molecular weight excluding hydrogens is 445 g/mol. The van der Waals surface area contributed by atoms with Crippen LogP contribution in [-0.2, 0) is 15.8 Å². The highest BCUT2D eigenvalue weighted by Crippen LogP contribution is 2.41. The molecule has 0 bridgehead atoms. The van der Waals surface area contributed by atoms with Crippen LogP contribution in [0.15, 0.2) is 18.2 Å². The maximum atomic E-state index is 13.5. The Balaban J connectivity index is 1.34. The lowest BCUT2D eigenvalue weighted by atomic mass is 9.78. The van der Waals surface area contributed by atoms with Crippen molar-refractivity contribution in [3.05, 3.63) is 29.3 Å². The molecule has 0 spiro atoms. The number of likely N-dealkylation sites (tertiary alicyclic amines) is 1. The van der Waals surface area contributed by atoms with E-state index in [1.807, 2.05) is 9.80 Å². The van der Waals surface area contributed by atoms with Crippen LogP contribution < -0.4 is 10.2 Å². The molecule has 1 aromatic carbocycles. The number of nitriles is 1. The number of nitrogens with one attached hydrogen (secondary N) is 1. The first-order valence-corrected chi connectivity index (χ1v) is 12.2. The molecule has 34 heavy (non-hydrogen) atoms. The third-order valence-electron chi connectivity index (χ3n) is 7.80. The molecule has 0 unspecified atom stereocenters. The first-order valence-electron chi connectivity index (χ1n) is 12.2. The number of alkyl halides is 3. The van der Waals surface area contributed by atoms with Gasteiger partial charge in [0.15, 0.2) is 0 Å². The Kier molecular flexibility index (Phi) is 5.95. The van der Waals surface area contributed by atoms with Crippen molar-refractivity contribution in [1.82, 2.24) is 10.2 Å². The number of rotatable bonds is 5. The SMILES string of the molecule is N#Cc1ccc(N2C[C@@H](C(=O)NC3CC3)[C@H](C3CCN(C(=O)C4CC4)CC3)C2)cc1C(F)(F)F. The number of amides is 2. The summed E-state index contributed by atoms with van der Waals surface area (Å²) in [5, 5.41) is 12.2. The van der Waals surface area contributed by atoms with E-state index in [0.717, 1.165) is 44.6 Å². The van der Waals surface area contributed by atoms with Crippen molar-refractivity contribution in [2.45, 2.75) is 50.7 Å². The Morgan fingerprint density at radius 3 is 2.32 bits per heavy atom. The number of halogens is 3. The van der Waals surface area contributed by atoms with E-state index in [1.54, 1.807) is 12.1 Å². The molecular formula is C25H29F3N4O2. The topological polar surface area (TPSA) is 76.4 Å². The molecule has 4 fully saturated rings. The highest BCUT2D eigenvalue weighted by molar-refractivity contribution is 5.82. The number of nitrogens with zero attached hydrogens (tertiary/aromatic N) is 3. The summed E-state index contributed by atoms with van der Waals surface area (Å²) in [6, 6.07) is 5.64. The molecule has 1 N–H and O–H groups in total. The molecule has 2 aliphatic heterocycles. The number of hydrogen-bond donors (Lipinski definition) is 1. The number of carbonyl (C=O) groups excluding carboxylic acids is 2. The quantitative estimate of drug-likeness (QED) is 0.708. The van der Waals surface area contributed by atoms with Gasteiger partial charge in [0.2, 0.25) is 11.8 Å². The fourth-order valence-corrected chi connectivity index (χ4v) is 5.53. The van der Waals surface area contributed by atoms with E-state index in [4.69, 9.17) is 5.26 Å². The molecule has 9 heteroatoms. The maximum Gasteiger partial charge on any atom is 0.417 e. The zero-order valence-electron chi connectivity index (χ0n) is 19.0. The van der Waals surface area contributed by atoms with Crippen LogP contribution >= 0.6 is 0 Å². The van der Waals surface area contributed by atoms with Crippen LogP contribution in [0.3, 0.4) is 0 Å². The number of hydrogen-bond acceptors (Lipinski definition) is 4. The van der Waals surface area contributed by atoms with E-state index in [9.17, 15) is 22.8 Å². The first-order chi connectivity index (χ1) is 16.2. The minimum absolute atomic E-state index is 0.0157. The van der Waals surface area contributed by atoms with Crippen molar-refractivity contribution >= 4 is 17.5 Å². The highest BCUT2D eigenvalue weighted by Gasteiger charge is 2.45. The summed E-state index contributed by atoms with van der Waals surface area (Å²) in [5.41, 5.74) is -0.955. The van der Waals surface area contributed by atoms with Crippen molar-refractivity contribution in [3.8, 4) is 6.07 Å². The predicted molar refractivity (Wildman–Crippen MR) is 119 cm³/mol. The van der Waals surface area contributed by atoms with Gasteiger partial charge in [0, 0.05) is 43.8 Å². The van der Waals surface area contributed by atoms with E-state index < -0.39 is 17.3 Å². The second kappa shape index (κ2) is 8.79. The summed E-state index contributed by atoms with van der Waals surface area (Å²) in [6.07, 6.45) is 0.896. The van der Waals surface area contributed by atoms with Crippen molar-refractivity contribution in [2.24, 2.45) is 23.7 Å². The molecule has 182 valence electrons. The van der Waals surface area contributed by atoms with Crippen molar-refractivity contribution in [1.29, 1.82) is 5.26 Å². The largest absolute Gasteiger partial charge is 0.417 e. The Morgan fingerprint density at radius 2 is 1.74 bits per heavy atom. The molecule has 2 aliphatic carbocycles. The molecule has 0 radical (unpaired) electrons. The van der Waals surface area contributed by atoms with Gasteiger partial charge in [-0.15, -0.1) is 0 Å². The van der Waals surface area contributed by atoms with Gasteiger partial charge >= 0.3 is 6.18 Å². The standard InChI is InChI=1S/C25H29F3N4O2/c26-25(27,28)22-11-19(6-3-17(22)12-29)32-13-20(21(14-32)23(33)30-18-4-5-18)15-7-9-31(10-8-15)24(34)16-1-2-16/h3,6,11,15-16,18,20-21H,1-2,4-5,7-10,13-14H2,(H,30,33)/t20-,21+/m0/s1. The van der Waals surface area contributed by atoms with Gasteiger partial charge in [-0.2, -0.15) is 18.4 Å². The summed E-state index contributed by atoms with van der Waals surface area (Å²) in [6.45, 7) is 2.21. The molecule has 5 rings (SSSR count). The van der Waals surface area contributed by atoms with E-state index in [-0.39, 0.29) is 41.5 Å². The molecule has 2 amide bonds. The van der Waals surface area contributed by atoms with Crippen LogP contribution in [0.1, 0.15) is 49.7 Å². The summed E-state index contributed by atoms with van der Waals surface area (Å²) < 4.78 is 40.6. The van der Waals surface area contributed by atoms with Gasteiger partial charge in [-0.1, -0.05) is 0 Å². The van der Waals surface area contributed by atoms with Crippen molar-refractivity contribution in [2.75, 3.05) is 31.1 Å². The van der Waals surface area contributed by atoms with E-state index in [0.29, 0.717) is 31.9 Å². The van der Waals surface area contributed by atoms with Gasteiger partial charge < -0.3 is 15.1 Å². The predicted octanol–water partition coefficient (Wildman–Crippen LogP) is 3.56. The van der Waals surface area contributed by atoms with Gasteiger partial charge in [0.05, 0.1) is 23.1 Å². The third kappa shape index (κ3) is 4.73. The lowest BCUT2D eigenvalue weighted by Crippen LogP contribution is -2.44. The maximum absolute atomic E-state index is 13.5. The molecule has 4 aliphatic rings. The van der Waals surface area contributed by atoms with Gasteiger partial charge in [-0.05, 0) is 68.6 Å². The molecule has 6 nitrogen and oxygen atoms in total. The number of carbonyl (C=O) groups is 2. The minimum atomic E-state index is -4.62. The van der Waals surface area contributed by atoms with Crippen molar-refractivity contribution in [3.63, 3.8) is 0 Å². The Labute approximate surface area is 197 Å². The summed E-state index contributed by atoms with van der Waals surface area (Å²) >= 11 is 0. The van der Waals surface area contributed by atoms with E-state index >= 15 is 0 Å². The summed E-state index contributed by atoms with van der Waals surface area (Å²) in [4.78, 5) is 29.3. The molecule has 2 heterocycles.